The third-order valence-corrected chi connectivity index (χ3v) is 5.19. The van der Waals surface area contributed by atoms with E-state index in [0.717, 1.165) is 34.2 Å². The number of aromatic nitrogens is 2. The average molecular weight is 388 g/mol. The van der Waals surface area contributed by atoms with Crippen LogP contribution in [0.3, 0.4) is 0 Å². The van der Waals surface area contributed by atoms with Crippen molar-refractivity contribution >= 4 is 16.8 Å². The lowest BCUT2D eigenvalue weighted by atomic mass is 9.94. The molecule has 28 heavy (non-hydrogen) atoms. The molecule has 2 heterocycles. The van der Waals surface area contributed by atoms with E-state index in [1.807, 2.05) is 12.1 Å². The van der Waals surface area contributed by atoms with Crippen LogP contribution in [0.5, 0.6) is 0 Å². The first-order chi connectivity index (χ1) is 13.3. The Balaban J connectivity index is 1.66. The molecular formula is C20H19F3N4O. The van der Waals surface area contributed by atoms with Gasteiger partial charge >= 0.3 is 6.18 Å². The molecule has 146 valence electrons. The van der Waals surface area contributed by atoms with Crippen molar-refractivity contribution in [2.45, 2.75) is 38.1 Å². The van der Waals surface area contributed by atoms with E-state index < -0.39 is 17.8 Å². The molecule has 2 aromatic carbocycles. The predicted molar refractivity (Wildman–Crippen MR) is 98.1 cm³/mol. The molecule has 0 fully saturated rings. The normalized spacial score (nSPS) is 18.1. The van der Waals surface area contributed by atoms with Crippen molar-refractivity contribution in [3.8, 4) is 0 Å². The number of carbonyl (C=O) groups excluding carboxylic acids is 1. The van der Waals surface area contributed by atoms with Gasteiger partial charge in [0.1, 0.15) is 0 Å². The molecule has 0 saturated heterocycles. The first-order valence-corrected chi connectivity index (χ1v) is 8.97. The number of hydrogen-bond donors (Lipinski definition) is 2. The summed E-state index contributed by atoms with van der Waals surface area (Å²) in [4.78, 5) is 14.4. The second-order valence-electron chi connectivity index (χ2n) is 7.07. The fourth-order valence-electron chi connectivity index (χ4n) is 3.63. The maximum absolute atomic E-state index is 12.8. The SMILES string of the molecule is N[C@@H]1CCc2ccc3[nH]ncc3c2CN(Cc2ccc(C(F)(F)F)cc2)C1=O. The van der Waals surface area contributed by atoms with Crippen molar-refractivity contribution in [3.05, 3.63) is 64.8 Å². The maximum Gasteiger partial charge on any atom is 0.416 e. The van der Waals surface area contributed by atoms with Crippen LogP contribution in [0.1, 0.15) is 28.7 Å². The van der Waals surface area contributed by atoms with Crippen LogP contribution in [0.25, 0.3) is 10.9 Å². The van der Waals surface area contributed by atoms with Crippen LogP contribution in [0, 0.1) is 0 Å². The highest BCUT2D eigenvalue weighted by Gasteiger charge is 2.30. The van der Waals surface area contributed by atoms with E-state index in [1.165, 1.54) is 12.1 Å². The monoisotopic (exact) mass is 388 g/mol. The van der Waals surface area contributed by atoms with Crippen molar-refractivity contribution in [1.29, 1.82) is 0 Å². The molecule has 0 aliphatic carbocycles. The largest absolute Gasteiger partial charge is 0.416 e. The summed E-state index contributed by atoms with van der Waals surface area (Å²) in [7, 11) is 0. The Morgan fingerprint density at radius 1 is 1.18 bits per heavy atom. The van der Waals surface area contributed by atoms with Gasteiger partial charge in [0, 0.05) is 18.5 Å². The van der Waals surface area contributed by atoms with E-state index in [2.05, 4.69) is 10.2 Å². The highest BCUT2D eigenvalue weighted by atomic mass is 19.4. The van der Waals surface area contributed by atoms with Crippen molar-refractivity contribution in [3.63, 3.8) is 0 Å². The molecule has 5 nitrogen and oxygen atoms in total. The molecule has 1 aliphatic heterocycles. The van der Waals surface area contributed by atoms with Gasteiger partial charge in [-0.2, -0.15) is 18.3 Å². The number of nitrogens with two attached hydrogens (primary N) is 1. The minimum absolute atomic E-state index is 0.193. The number of benzene rings is 2. The van der Waals surface area contributed by atoms with E-state index in [1.54, 1.807) is 11.1 Å². The summed E-state index contributed by atoms with van der Waals surface area (Å²) in [6.45, 7) is 0.526. The fourth-order valence-corrected chi connectivity index (χ4v) is 3.63. The lowest BCUT2D eigenvalue weighted by Crippen LogP contribution is -2.44. The number of carbonyl (C=O) groups is 1. The number of fused-ring (bicyclic) bond motifs is 3. The van der Waals surface area contributed by atoms with Crippen molar-refractivity contribution in [1.82, 2.24) is 15.1 Å². The van der Waals surface area contributed by atoms with Gasteiger partial charge in [0.2, 0.25) is 5.91 Å². The Morgan fingerprint density at radius 2 is 1.93 bits per heavy atom. The highest BCUT2D eigenvalue weighted by molar-refractivity contribution is 5.86. The highest BCUT2D eigenvalue weighted by Crippen LogP contribution is 2.30. The third kappa shape index (κ3) is 3.47. The van der Waals surface area contributed by atoms with Gasteiger partial charge in [-0.05, 0) is 47.7 Å². The van der Waals surface area contributed by atoms with E-state index in [9.17, 15) is 18.0 Å². The number of aromatic amines is 1. The number of rotatable bonds is 2. The first-order valence-electron chi connectivity index (χ1n) is 8.97. The standard InChI is InChI=1S/C20H19F3N4O/c21-20(22,23)14-5-1-12(2-6-14)10-27-11-16-13(3-7-17(24)19(27)28)4-8-18-15(16)9-25-26-18/h1-2,4-6,8-9,17H,3,7,10-11,24H2,(H,25,26)/t17-/m1/s1. The van der Waals surface area contributed by atoms with Crippen LogP contribution in [0.2, 0.25) is 0 Å². The zero-order valence-corrected chi connectivity index (χ0v) is 15.0. The molecular weight excluding hydrogens is 369 g/mol. The molecule has 0 unspecified atom stereocenters. The van der Waals surface area contributed by atoms with E-state index in [0.29, 0.717) is 24.9 Å². The molecule has 0 bridgehead atoms. The van der Waals surface area contributed by atoms with Gasteiger partial charge in [-0.3, -0.25) is 9.89 Å². The van der Waals surface area contributed by atoms with E-state index in [4.69, 9.17) is 5.73 Å². The minimum Gasteiger partial charge on any atom is -0.333 e. The summed E-state index contributed by atoms with van der Waals surface area (Å²) in [6, 6.07) is 8.20. The second kappa shape index (κ2) is 6.94. The smallest absolute Gasteiger partial charge is 0.333 e. The number of amides is 1. The maximum atomic E-state index is 12.8. The molecule has 4 rings (SSSR count). The molecule has 0 radical (unpaired) electrons. The Morgan fingerprint density at radius 3 is 2.64 bits per heavy atom. The van der Waals surface area contributed by atoms with Gasteiger partial charge in [0.05, 0.1) is 23.3 Å². The number of aryl methyl sites for hydroxylation is 1. The molecule has 0 saturated carbocycles. The zero-order valence-electron chi connectivity index (χ0n) is 15.0. The summed E-state index contributed by atoms with van der Waals surface area (Å²) in [5.41, 5.74) is 8.96. The fraction of sp³-hybridized carbons (Fsp3) is 0.300. The summed E-state index contributed by atoms with van der Waals surface area (Å²) < 4.78 is 38.4. The first kappa shape index (κ1) is 18.5. The van der Waals surface area contributed by atoms with Crippen molar-refractivity contribution < 1.29 is 18.0 Å². The van der Waals surface area contributed by atoms with Crippen LogP contribution < -0.4 is 5.73 Å². The van der Waals surface area contributed by atoms with E-state index in [-0.39, 0.29) is 12.5 Å². The Labute approximate surface area is 159 Å². The minimum atomic E-state index is -4.39. The summed E-state index contributed by atoms with van der Waals surface area (Å²) in [6.07, 6.45) is -1.45. The Hall–Kier alpha value is -2.87. The quantitative estimate of drug-likeness (QED) is 0.707. The molecule has 1 aromatic heterocycles. The van der Waals surface area contributed by atoms with Gasteiger partial charge in [0.25, 0.3) is 0 Å². The average Bonchev–Trinajstić information content (AvgIpc) is 3.13. The van der Waals surface area contributed by atoms with Crippen LogP contribution in [-0.4, -0.2) is 27.0 Å². The van der Waals surface area contributed by atoms with Crippen LogP contribution in [0.15, 0.2) is 42.6 Å². The van der Waals surface area contributed by atoms with Gasteiger partial charge < -0.3 is 10.6 Å². The predicted octanol–water partition coefficient (Wildman–Crippen LogP) is 3.38. The molecule has 3 aromatic rings. The van der Waals surface area contributed by atoms with Crippen LogP contribution >= 0.6 is 0 Å². The topological polar surface area (TPSA) is 75.0 Å². The van der Waals surface area contributed by atoms with Crippen LogP contribution in [-0.2, 0) is 30.5 Å². The number of alkyl halides is 3. The molecule has 1 amide bonds. The number of halogens is 3. The molecule has 1 atom stereocenters. The van der Waals surface area contributed by atoms with E-state index >= 15 is 0 Å². The summed E-state index contributed by atoms with van der Waals surface area (Å²) in [5, 5.41) is 7.95. The molecule has 3 N–H and O–H groups in total. The molecule has 1 aliphatic rings. The Bertz CT molecular complexity index is 1010. The molecule has 8 heteroatoms. The number of nitrogens with one attached hydrogen (secondary N) is 1. The second-order valence-corrected chi connectivity index (χ2v) is 7.07. The third-order valence-electron chi connectivity index (χ3n) is 5.19. The number of H-pyrrole nitrogens is 1. The Kier molecular flexibility index (Phi) is 4.58. The van der Waals surface area contributed by atoms with Crippen LogP contribution in [0.4, 0.5) is 13.2 Å². The van der Waals surface area contributed by atoms with Crippen molar-refractivity contribution in [2.24, 2.45) is 5.73 Å². The molecule has 0 spiro atoms. The van der Waals surface area contributed by atoms with Gasteiger partial charge in [-0.25, -0.2) is 0 Å². The van der Waals surface area contributed by atoms with Gasteiger partial charge in [-0.15, -0.1) is 0 Å². The summed E-state index contributed by atoms with van der Waals surface area (Å²) in [5.74, 6) is -0.203. The van der Waals surface area contributed by atoms with Crippen molar-refractivity contribution in [2.75, 3.05) is 0 Å². The number of nitrogens with zero attached hydrogens (tertiary/aromatic N) is 2. The van der Waals surface area contributed by atoms with Gasteiger partial charge in [0.15, 0.2) is 0 Å². The lowest BCUT2D eigenvalue weighted by molar-refractivity contribution is -0.137. The lowest BCUT2D eigenvalue weighted by Gasteiger charge is -2.30. The van der Waals surface area contributed by atoms with Gasteiger partial charge in [-0.1, -0.05) is 18.2 Å². The number of hydrogen-bond acceptors (Lipinski definition) is 3. The summed E-state index contributed by atoms with van der Waals surface area (Å²) >= 11 is 0. The zero-order chi connectivity index (χ0) is 19.9.